The maximum atomic E-state index is 12.7. The molecule has 32 heavy (non-hydrogen) atoms. The number of aliphatic carboxylic acids is 2. The van der Waals surface area contributed by atoms with E-state index >= 15 is 0 Å². The summed E-state index contributed by atoms with van der Waals surface area (Å²) in [5.74, 6) is -6.67. The third-order valence-corrected chi connectivity index (χ3v) is 4.51. The number of carboxylic acid groups (broad SMARTS) is 2. The van der Waals surface area contributed by atoms with Crippen LogP contribution in [0.25, 0.3) is 0 Å². The molecule has 14 nitrogen and oxygen atoms in total. The second kappa shape index (κ2) is 15.0. The smallest absolute Gasteiger partial charge is 0.327 e. The minimum atomic E-state index is -1.52. The Bertz CT molecular complexity index is 707. The SMILES string of the molecule is NCCCCC(NC(=O)C(N)CC(=O)O)C(=O)NC(CC(N)=O)C(=O)NC(CS)C(=O)O. The first-order chi connectivity index (χ1) is 14.9. The van der Waals surface area contributed by atoms with Crippen LogP contribution in [0.15, 0.2) is 0 Å². The van der Waals surface area contributed by atoms with Crippen molar-refractivity contribution < 1.29 is 39.0 Å². The summed E-state index contributed by atoms with van der Waals surface area (Å²) in [6.45, 7) is 0.313. The van der Waals surface area contributed by atoms with Crippen LogP contribution in [0, 0.1) is 0 Å². The van der Waals surface area contributed by atoms with Gasteiger partial charge in [-0.3, -0.25) is 24.0 Å². The van der Waals surface area contributed by atoms with Gasteiger partial charge < -0.3 is 43.4 Å². The summed E-state index contributed by atoms with van der Waals surface area (Å²) in [5, 5.41) is 24.5. The van der Waals surface area contributed by atoms with Gasteiger partial charge in [-0.25, -0.2) is 4.79 Å². The zero-order valence-electron chi connectivity index (χ0n) is 17.3. The van der Waals surface area contributed by atoms with Crippen molar-refractivity contribution in [1.29, 1.82) is 0 Å². The summed E-state index contributed by atoms with van der Waals surface area (Å²) in [6, 6.07) is -5.55. The number of carbonyl (C=O) groups excluding carboxylic acids is 4. The Labute approximate surface area is 189 Å². The van der Waals surface area contributed by atoms with Crippen LogP contribution in [0.1, 0.15) is 32.1 Å². The van der Waals surface area contributed by atoms with Crippen molar-refractivity contribution in [3.63, 3.8) is 0 Å². The van der Waals surface area contributed by atoms with E-state index in [1.54, 1.807) is 0 Å². The Kier molecular flexibility index (Phi) is 13.6. The molecule has 182 valence electrons. The molecule has 0 bridgehead atoms. The average molecular weight is 479 g/mol. The summed E-state index contributed by atoms with van der Waals surface area (Å²) < 4.78 is 0. The van der Waals surface area contributed by atoms with Gasteiger partial charge in [-0.2, -0.15) is 12.6 Å². The molecular weight excluding hydrogens is 448 g/mol. The topological polar surface area (TPSA) is 257 Å². The normalized spacial score (nSPS) is 14.3. The molecule has 15 heteroatoms. The van der Waals surface area contributed by atoms with Gasteiger partial charge in [-0.1, -0.05) is 0 Å². The number of carboxylic acids is 2. The first-order valence-corrected chi connectivity index (χ1v) is 10.3. The van der Waals surface area contributed by atoms with E-state index in [0.29, 0.717) is 19.4 Å². The summed E-state index contributed by atoms with van der Waals surface area (Å²) in [6.07, 6.45) is -0.326. The molecule has 0 saturated heterocycles. The molecule has 0 spiro atoms. The number of hydrogen-bond acceptors (Lipinski definition) is 9. The van der Waals surface area contributed by atoms with Crippen LogP contribution in [0.4, 0.5) is 0 Å². The Balaban J connectivity index is 5.44. The summed E-state index contributed by atoms with van der Waals surface area (Å²) in [4.78, 5) is 70.5. The van der Waals surface area contributed by atoms with Crippen LogP contribution in [0.5, 0.6) is 0 Å². The zero-order valence-corrected chi connectivity index (χ0v) is 18.2. The molecule has 4 amide bonds. The van der Waals surface area contributed by atoms with E-state index in [1.807, 2.05) is 0 Å². The molecule has 0 rings (SSSR count). The summed E-state index contributed by atoms with van der Waals surface area (Å²) in [7, 11) is 0. The number of carbonyl (C=O) groups is 6. The monoisotopic (exact) mass is 478 g/mol. The van der Waals surface area contributed by atoms with Crippen LogP contribution in [-0.2, 0) is 28.8 Å². The fraction of sp³-hybridized carbons (Fsp3) is 0.647. The van der Waals surface area contributed by atoms with E-state index in [-0.39, 0.29) is 12.2 Å². The lowest BCUT2D eigenvalue weighted by atomic mass is 10.1. The first-order valence-electron chi connectivity index (χ1n) is 9.63. The molecule has 0 aromatic heterocycles. The molecular formula is C17H30N6O8S. The van der Waals surface area contributed by atoms with Crippen molar-refractivity contribution >= 4 is 48.2 Å². The fourth-order valence-electron chi connectivity index (χ4n) is 2.46. The van der Waals surface area contributed by atoms with Gasteiger partial charge in [-0.15, -0.1) is 0 Å². The largest absolute Gasteiger partial charge is 0.481 e. The van der Waals surface area contributed by atoms with Gasteiger partial charge in [-0.05, 0) is 25.8 Å². The maximum absolute atomic E-state index is 12.7. The predicted molar refractivity (Wildman–Crippen MR) is 114 cm³/mol. The number of nitrogens with one attached hydrogen (secondary N) is 3. The van der Waals surface area contributed by atoms with E-state index in [4.69, 9.17) is 27.4 Å². The highest BCUT2D eigenvalue weighted by atomic mass is 32.1. The second-order valence-corrected chi connectivity index (χ2v) is 7.23. The Morgan fingerprint density at radius 3 is 1.81 bits per heavy atom. The van der Waals surface area contributed by atoms with Crippen LogP contribution in [0.3, 0.4) is 0 Å². The highest BCUT2D eigenvalue weighted by Crippen LogP contribution is 2.04. The van der Waals surface area contributed by atoms with Crippen molar-refractivity contribution in [3.8, 4) is 0 Å². The molecule has 0 aliphatic heterocycles. The molecule has 0 aromatic rings. The molecule has 0 aromatic carbocycles. The standard InChI is InChI=1S/C17H30N6O8S/c18-4-2-1-3-9(21-14(27)8(19)5-13(25)26)15(28)22-10(6-12(20)24)16(29)23-11(7-32)17(30)31/h8-11,32H,1-7,18-19H2,(H2,20,24)(H,21,27)(H,22,28)(H,23,29)(H,25,26)(H,30,31). The molecule has 0 radical (unpaired) electrons. The summed E-state index contributed by atoms with van der Waals surface area (Å²) >= 11 is 3.81. The van der Waals surface area contributed by atoms with Crippen molar-refractivity contribution in [2.24, 2.45) is 17.2 Å². The van der Waals surface area contributed by atoms with E-state index in [9.17, 15) is 28.8 Å². The van der Waals surface area contributed by atoms with Gasteiger partial charge in [0.25, 0.3) is 0 Å². The van der Waals surface area contributed by atoms with Gasteiger partial charge in [0.2, 0.25) is 23.6 Å². The van der Waals surface area contributed by atoms with Crippen LogP contribution >= 0.6 is 12.6 Å². The molecule has 0 saturated carbocycles. The van der Waals surface area contributed by atoms with Crippen molar-refractivity contribution in [3.05, 3.63) is 0 Å². The van der Waals surface area contributed by atoms with Gasteiger partial charge >= 0.3 is 11.9 Å². The maximum Gasteiger partial charge on any atom is 0.327 e. The molecule has 0 aliphatic rings. The van der Waals surface area contributed by atoms with E-state index in [1.165, 1.54) is 0 Å². The predicted octanol–water partition coefficient (Wildman–Crippen LogP) is -3.74. The van der Waals surface area contributed by atoms with Crippen LogP contribution in [-0.4, -0.2) is 82.2 Å². The lowest BCUT2D eigenvalue weighted by molar-refractivity contribution is -0.141. The molecule has 0 fully saturated rings. The lowest BCUT2D eigenvalue weighted by Gasteiger charge is -2.24. The molecule has 4 unspecified atom stereocenters. The van der Waals surface area contributed by atoms with Gasteiger partial charge in [0.1, 0.15) is 18.1 Å². The highest BCUT2D eigenvalue weighted by Gasteiger charge is 2.31. The minimum absolute atomic E-state index is 0.0772. The zero-order chi connectivity index (χ0) is 24.8. The molecule has 0 heterocycles. The number of unbranched alkanes of at least 4 members (excludes halogenated alkanes) is 1. The Morgan fingerprint density at radius 1 is 0.812 bits per heavy atom. The number of thiol groups is 1. The van der Waals surface area contributed by atoms with Crippen molar-refractivity contribution in [2.75, 3.05) is 12.3 Å². The van der Waals surface area contributed by atoms with Crippen LogP contribution in [0.2, 0.25) is 0 Å². The van der Waals surface area contributed by atoms with Crippen molar-refractivity contribution in [1.82, 2.24) is 16.0 Å². The molecule has 0 aliphatic carbocycles. The fourth-order valence-corrected chi connectivity index (χ4v) is 2.71. The van der Waals surface area contributed by atoms with Gasteiger partial charge in [0, 0.05) is 5.75 Å². The molecule has 4 atom stereocenters. The summed E-state index contributed by atoms with van der Waals surface area (Å²) in [5.41, 5.74) is 16.0. The second-order valence-electron chi connectivity index (χ2n) is 6.86. The molecule has 11 N–H and O–H groups in total. The Hall–Kier alpha value is -2.91. The van der Waals surface area contributed by atoms with Gasteiger partial charge in [0.15, 0.2) is 0 Å². The quantitative estimate of drug-likeness (QED) is 0.0773. The van der Waals surface area contributed by atoms with Crippen LogP contribution < -0.4 is 33.2 Å². The average Bonchev–Trinajstić information content (AvgIpc) is 2.69. The number of rotatable bonds is 16. The minimum Gasteiger partial charge on any atom is -0.481 e. The third kappa shape index (κ3) is 11.5. The highest BCUT2D eigenvalue weighted by molar-refractivity contribution is 7.80. The number of nitrogens with two attached hydrogens (primary N) is 3. The third-order valence-electron chi connectivity index (χ3n) is 4.15. The van der Waals surface area contributed by atoms with E-state index < -0.39 is 72.6 Å². The first kappa shape index (κ1) is 29.1. The number of primary amides is 1. The Morgan fingerprint density at radius 2 is 1.34 bits per heavy atom. The van der Waals surface area contributed by atoms with E-state index in [0.717, 1.165) is 0 Å². The lowest BCUT2D eigenvalue weighted by Crippen LogP contribution is -2.58. The van der Waals surface area contributed by atoms with Crippen molar-refractivity contribution in [2.45, 2.75) is 56.3 Å². The van der Waals surface area contributed by atoms with E-state index in [2.05, 4.69) is 28.6 Å². The number of hydrogen-bond donors (Lipinski definition) is 9. The van der Waals surface area contributed by atoms with Gasteiger partial charge in [0.05, 0.1) is 18.9 Å². The number of amides is 4.